The van der Waals surface area contributed by atoms with Gasteiger partial charge in [0.25, 0.3) is 0 Å². The summed E-state index contributed by atoms with van der Waals surface area (Å²) in [6.07, 6.45) is 5.85. The third-order valence-corrected chi connectivity index (χ3v) is 4.45. The lowest BCUT2D eigenvalue weighted by molar-refractivity contribution is -0.144. The van der Waals surface area contributed by atoms with Crippen LogP contribution in [-0.4, -0.2) is 34.6 Å². The maximum absolute atomic E-state index is 11.4. The summed E-state index contributed by atoms with van der Waals surface area (Å²) in [4.78, 5) is 13.7. The molecule has 0 aromatic rings. The van der Waals surface area contributed by atoms with E-state index in [0.29, 0.717) is 17.9 Å². The van der Waals surface area contributed by atoms with Crippen molar-refractivity contribution in [3.8, 4) is 0 Å². The second kappa shape index (κ2) is 4.74. The van der Waals surface area contributed by atoms with E-state index in [1.807, 2.05) is 0 Å². The molecule has 0 bridgehead atoms. The molecule has 4 unspecified atom stereocenters. The number of carboxylic acids is 1. The second-order valence-electron chi connectivity index (χ2n) is 5.47. The highest BCUT2D eigenvalue weighted by atomic mass is 16.4. The number of hydrogen-bond acceptors (Lipinski definition) is 2. The van der Waals surface area contributed by atoms with E-state index in [9.17, 15) is 9.90 Å². The van der Waals surface area contributed by atoms with Crippen LogP contribution in [0.1, 0.15) is 46.0 Å². The Morgan fingerprint density at radius 1 is 1.50 bits per heavy atom. The largest absolute Gasteiger partial charge is 0.480 e. The van der Waals surface area contributed by atoms with E-state index in [1.54, 1.807) is 0 Å². The van der Waals surface area contributed by atoms with E-state index in [-0.39, 0.29) is 6.04 Å². The van der Waals surface area contributed by atoms with Gasteiger partial charge < -0.3 is 5.11 Å². The quantitative estimate of drug-likeness (QED) is 0.798. The molecular formula is C13H23NO2. The number of carbonyl (C=O) groups is 1. The van der Waals surface area contributed by atoms with Crippen LogP contribution in [-0.2, 0) is 4.79 Å². The number of rotatable bonds is 4. The van der Waals surface area contributed by atoms with Crippen LogP contribution in [0.25, 0.3) is 0 Å². The average Bonchev–Trinajstić information content (AvgIpc) is 2.74. The van der Waals surface area contributed by atoms with Crippen molar-refractivity contribution < 1.29 is 9.90 Å². The molecule has 1 N–H and O–H groups in total. The number of nitrogens with zero attached hydrogens (tertiary/aromatic N) is 1. The normalized spacial score (nSPS) is 36.2. The molecule has 0 spiro atoms. The molecule has 16 heavy (non-hydrogen) atoms. The Morgan fingerprint density at radius 2 is 2.25 bits per heavy atom. The minimum absolute atomic E-state index is 0.200. The first-order valence-corrected chi connectivity index (χ1v) is 6.63. The Labute approximate surface area is 97.8 Å². The molecule has 0 amide bonds. The van der Waals surface area contributed by atoms with Gasteiger partial charge in [-0.1, -0.05) is 19.8 Å². The minimum atomic E-state index is -0.600. The van der Waals surface area contributed by atoms with E-state index in [0.717, 1.165) is 25.8 Å². The van der Waals surface area contributed by atoms with Crippen LogP contribution in [0.5, 0.6) is 0 Å². The van der Waals surface area contributed by atoms with Gasteiger partial charge in [-0.05, 0) is 38.0 Å². The van der Waals surface area contributed by atoms with Crippen LogP contribution in [0.3, 0.4) is 0 Å². The predicted octanol–water partition coefficient (Wildman–Crippen LogP) is 2.36. The number of carboxylic acid groups (broad SMARTS) is 1. The maximum atomic E-state index is 11.4. The third-order valence-electron chi connectivity index (χ3n) is 4.45. The summed E-state index contributed by atoms with van der Waals surface area (Å²) in [6, 6.07) is 0.228. The second-order valence-corrected chi connectivity index (χ2v) is 5.47. The SMILES string of the molecule is CCCC(C)N1CC2CCCC2C1C(=O)O. The lowest BCUT2D eigenvalue weighted by Crippen LogP contribution is -2.44. The average molecular weight is 225 g/mol. The molecule has 3 heteroatoms. The smallest absolute Gasteiger partial charge is 0.321 e. The first kappa shape index (κ1) is 11.9. The molecule has 0 aromatic heterocycles. The van der Waals surface area contributed by atoms with Crippen LogP contribution in [0.4, 0.5) is 0 Å². The van der Waals surface area contributed by atoms with Crippen molar-refractivity contribution in [1.29, 1.82) is 0 Å². The lowest BCUT2D eigenvalue weighted by Gasteiger charge is -2.30. The summed E-state index contributed by atoms with van der Waals surface area (Å²) in [7, 11) is 0. The molecular weight excluding hydrogens is 202 g/mol. The number of likely N-dealkylation sites (tertiary alicyclic amines) is 1. The molecule has 1 saturated heterocycles. The molecule has 3 nitrogen and oxygen atoms in total. The first-order valence-electron chi connectivity index (χ1n) is 6.63. The van der Waals surface area contributed by atoms with E-state index in [4.69, 9.17) is 0 Å². The van der Waals surface area contributed by atoms with Crippen molar-refractivity contribution in [2.75, 3.05) is 6.54 Å². The van der Waals surface area contributed by atoms with Crippen molar-refractivity contribution in [1.82, 2.24) is 4.90 Å². The Bertz CT molecular complexity index is 267. The summed E-state index contributed by atoms with van der Waals surface area (Å²) in [5.41, 5.74) is 0. The molecule has 1 aliphatic carbocycles. The number of hydrogen-bond donors (Lipinski definition) is 1. The Morgan fingerprint density at radius 3 is 2.88 bits per heavy atom. The van der Waals surface area contributed by atoms with Gasteiger partial charge in [-0.2, -0.15) is 0 Å². The van der Waals surface area contributed by atoms with Crippen LogP contribution in [0.2, 0.25) is 0 Å². The van der Waals surface area contributed by atoms with Crippen LogP contribution in [0.15, 0.2) is 0 Å². The Kier molecular flexibility index (Phi) is 3.53. The van der Waals surface area contributed by atoms with Gasteiger partial charge in [0.2, 0.25) is 0 Å². The van der Waals surface area contributed by atoms with Crippen molar-refractivity contribution in [2.24, 2.45) is 11.8 Å². The van der Waals surface area contributed by atoms with Crippen molar-refractivity contribution >= 4 is 5.97 Å². The fourth-order valence-corrected chi connectivity index (χ4v) is 3.70. The molecule has 1 heterocycles. The zero-order valence-electron chi connectivity index (χ0n) is 10.4. The minimum Gasteiger partial charge on any atom is -0.480 e. The number of fused-ring (bicyclic) bond motifs is 1. The highest BCUT2D eigenvalue weighted by Gasteiger charge is 2.48. The Hall–Kier alpha value is -0.570. The maximum Gasteiger partial charge on any atom is 0.321 e. The van der Waals surface area contributed by atoms with Gasteiger partial charge in [-0.3, -0.25) is 9.69 Å². The zero-order valence-corrected chi connectivity index (χ0v) is 10.4. The van der Waals surface area contributed by atoms with Gasteiger partial charge in [0, 0.05) is 12.6 Å². The van der Waals surface area contributed by atoms with Gasteiger partial charge in [-0.15, -0.1) is 0 Å². The molecule has 2 rings (SSSR count). The van der Waals surface area contributed by atoms with Crippen molar-refractivity contribution in [2.45, 2.75) is 58.0 Å². The molecule has 1 aliphatic heterocycles. The monoisotopic (exact) mass is 225 g/mol. The van der Waals surface area contributed by atoms with Gasteiger partial charge >= 0.3 is 5.97 Å². The zero-order chi connectivity index (χ0) is 11.7. The van der Waals surface area contributed by atoms with Gasteiger partial charge in [0.1, 0.15) is 6.04 Å². The highest BCUT2D eigenvalue weighted by molar-refractivity contribution is 5.74. The molecule has 92 valence electrons. The molecule has 2 fully saturated rings. The molecule has 1 saturated carbocycles. The molecule has 4 atom stereocenters. The predicted molar refractivity (Wildman–Crippen MR) is 63.3 cm³/mol. The third kappa shape index (κ3) is 1.97. The van der Waals surface area contributed by atoms with Crippen LogP contribution >= 0.6 is 0 Å². The standard InChI is InChI=1S/C13H23NO2/c1-3-5-9(2)14-8-10-6-4-7-11(10)12(14)13(15)16/h9-12H,3-8H2,1-2H3,(H,15,16). The lowest BCUT2D eigenvalue weighted by atomic mass is 9.94. The molecule has 0 aromatic carbocycles. The van der Waals surface area contributed by atoms with Crippen LogP contribution < -0.4 is 0 Å². The topological polar surface area (TPSA) is 40.5 Å². The summed E-state index contributed by atoms with van der Waals surface area (Å²) >= 11 is 0. The summed E-state index contributed by atoms with van der Waals surface area (Å²) in [5, 5.41) is 9.41. The van der Waals surface area contributed by atoms with E-state index < -0.39 is 5.97 Å². The molecule has 0 radical (unpaired) electrons. The summed E-state index contributed by atoms with van der Waals surface area (Å²) in [6.45, 7) is 5.37. The van der Waals surface area contributed by atoms with Crippen molar-refractivity contribution in [3.63, 3.8) is 0 Å². The van der Waals surface area contributed by atoms with Crippen LogP contribution in [0, 0.1) is 11.8 Å². The fraction of sp³-hybridized carbons (Fsp3) is 0.923. The number of aliphatic carboxylic acids is 1. The van der Waals surface area contributed by atoms with Crippen molar-refractivity contribution in [3.05, 3.63) is 0 Å². The van der Waals surface area contributed by atoms with Gasteiger partial charge in [0.15, 0.2) is 0 Å². The highest BCUT2D eigenvalue weighted by Crippen LogP contribution is 2.43. The van der Waals surface area contributed by atoms with E-state index in [1.165, 1.54) is 12.8 Å². The van der Waals surface area contributed by atoms with Gasteiger partial charge in [0.05, 0.1) is 0 Å². The van der Waals surface area contributed by atoms with Gasteiger partial charge in [-0.25, -0.2) is 0 Å². The first-order chi connectivity index (χ1) is 7.65. The summed E-state index contributed by atoms with van der Waals surface area (Å²) < 4.78 is 0. The Balaban J connectivity index is 2.10. The van der Waals surface area contributed by atoms with E-state index in [2.05, 4.69) is 18.7 Å². The summed E-state index contributed by atoms with van der Waals surface area (Å²) in [5.74, 6) is 0.481. The van der Waals surface area contributed by atoms with E-state index >= 15 is 0 Å². The molecule has 2 aliphatic rings. The fourth-order valence-electron chi connectivity index (χ4n) is 3.70.